The van der Waals surface area contributed by atoms with Gasteiger partial charge in [-0.1, -0.05) is 42.5 Å². The van der Waals surface area contributed by atoms with Gasteiger partial charge in [-0.3, -0.25) is 4.79 Å². The Labute approximate surface area is 164 Å². The Kier molecular flexibility index (Phi) is 4.86. The van der Waals surface area contributed by atoms with Crippen molar-refractivity contribution < 1.29 is 14.7 Å². The fraction of sp³-hybridized carbons (Fsp3) is 0.250. The zero-order valence-corrected chi connectivity index (χ0v) is 15.9. The zero-order chi connectivity index (χ0) is 19.7. The average Bonchev–Trinajstić information content (AvgIpc) is 2.73. The average molecular weight is 373 g/mol. The van der Waals surface area contributed by atoms with Gasteiger partial charge in [0, 0.05) is 18.7 Å². The van der Waals surface area contributed by atoms with Gasteiger partial charge in [0.15, 0.2) is 0 Å². The predicted molar refractivity (Wildman–Crippen MR) is 110 cm³/mol. The topological polar surface area (TPSA) is 57.6 Å². The summed E-state index contributed by atoms with van der Waals surface area (Å²) >= 11 is 0. The van der Waals surface area contributed by atoms with Crippen molar-refractivity contribution in [1.82, 2.24) is 4.90 Å². The molecule has 3 aromatic rings. The number of fused-ring (bicyclic) bond motifs is 1. The number of carboxylic acids is 1. The highest BCUT2D eigenvalue weighted by Crippen LogP contribution is 2.30. The van der Waals surface area contributed by atoms with E-state index >= 15 is 0 Å². The Morgan fingerprint density at radius 1 is 0.893 bits per heavy atom. The van der Waals surface area contributed by atoms with E-state index in [0.717, 1.165) is 34.7 Å². The quantitative estimate of drug-likeness (QED) is 0.713. The summed E-state index contributed by atoms with van der Waals surface area (Å²) in [6.45, 7) is 3.50. The summed E-state index contributed by atoms with van der Waals surface area (Å²) < 4.78 is 0. The molecule has 4 heteroatoms. The van der Waals surface area contributed by atoms with Gasteiger partial charge in [-0.15, -0.1) is 0 Å². The molecule has 1 aliphatic heterocycles. The second kappa shape index (κ2) is 7.47. The van der Waals surface area contributed by atoms with Crippen LogP contribution in [0.2, 0.25) is 0 Å². The fourth-order valence-electron chi connectivity index (χ4n) is 4.14. The molecule has 0 aliphatic carbocycles. The monoisotopic (exact) mass is 373 g/mol. The minimum absolute atomic E-state index is 0.0934. The largest absolute Gasteiger partial charge is 0.478 e. The minimum atomic E-state index is -0.905. The van der Waals surface area contributed by atoms with Crippen molar-refractivity contribution in [2.75, 3.05) is 13.1 Å². The maximum absolute atomic E-state index is 13.1. The lowest BCUT2D eigenvalue weighted by Gasteiger charge is -2.32. The number of benzene rings is 3. The van der Waals surface area contributed by atoms with E-state index in [-0.39, 0.29) is 5.91 Å². The third-order valence-electron chi connectivity index (χ3n) is 5.78. The number of nitrogens with zero attached hydrogens (tertiary/aromatic N) is 1. The summed E-state index contributed by atoms with van der Waals surface area (Å²) in [5, 5.41) is 11.2. The van der Waals surface area contributed by atoms with Crippen molar-refractivity contribution >= 4 is 22.6 Å². The first-order valence-corrected chi connectivity index (χ1v) is 9.65. The molecule has 0 atom stereocenters. The molecule has 1 N–H and O–H groups in total. The smallest absolute Gasteiger partial charge is 0.335 e. The van der Waals surface area contributed by atoms with Crippen LogP contribution in [0.5, 0.6) is 0 Å². The van der Waals surface area contributed by atoms with Crippen molar-refractivity contribution in [2.45, 2.75) is 25.7 Å². The second-order valence-electron chi connectivity index (χ2n) is 7.47. The normalized spacial score (nSPS) is 15.0. The molecule has 4 rings (SSSR count). The molecule has 0 radical (unpaired) electrons. The molecule has 0 spiro atoms. The Morgan fingerprint density at radius 2 is 1.54 bits per heavy atom. The zero-order valence-electron chi connectivity index (χ0n) is 15.9. The first-order valence-electron chi connectivity index (χ1n) is 9.65. The molecule has 0 bridgehead atoms. The summed E-state index contributed by atoms with van der Waals surface area (Å²) in [5.74, 6) is -0.449. The molecule has 4 nitrogen and oxygen atoms in total. The Morgan fingerprint density at radius 3 is 2.21 bits per heavy atom. The lowest BCUT2D eigenvalue weighted by Crippen LogP contribution is -2.38. The molecular formula is C24H23NO3. The van der Waals surface area contributed by atoms with Crippen LogP contribution < -0.4 is 0 Å². The highest BCUT2D eigenvalue weighted by Gasteiger charge is 2.25. The molecule has 1 fully saturated rings. The summed E-state index contributed by atoms with van der Waals surface area (Å²) in [7, 11) is 0. The number of hydrogen-bond donors (Lipinski definition) is 1. The molecule has 1 aliphatic rings. The Balaban J connectivity index is 1.49. The van der Waals surface area contributed by atoms with E-state index in [0.29, 0.717) is 24.6 Å². The van der Waals surface area contributed by atoms with E-state index in [1.165, 1.54) is 5.56 Å². The number of carbonyl (C=O) groups is 2. The lowest BCUT2D eigenvalue weighted by molar-refractivity contribution is 0.0692. The van der Waals surface area contributed by atoms with E-state index in [1.807, 2.05) is 41.3 Å². The molecule has 1 heterocycles. The van der Waals surface area contributed by atoms with Gasteiger partial charge in [-0.05, 0) is 65.8 Å². The van der Waals surface area contributed by atoms with Gasteiger partial charge in [-0.2, -0.15) is 0 Å². The van der Waals surface area contributed by atoms with E-state index < -0.39 is 5.97 Å². The number of aryl methyl sites for hydroxylation is 1. The van der Waals surface area contributed by atoms with Crippen LogP contribution in [-0.2, 0) is 0 Å². The first kappa shape index (κ1) is 18.2. The molecule has 0 aromatic heterocycles. The fourth-order valence-corrected chi connectivity index (χ4v) is 4.14. The highest BCUT2D eigenvalue weighted by molar-refractivity contribution is 6.07. The summed E-state index contributed by atoms with van der Waals surface area (Å²) in [6, 6.07) is 19.2. The van der Waals surface area contributed by atoms with Crippen LogP contribution in [0.15, 0.2) is 60.7 Å². The number of rotatable bonds is 3. The van der Waals surface area contributed by atoms with Crippen molar-refractivity contribution in [3.63, 3.8) is 0 Å². The molecule has 142 valence electrons. The van der Waals surface area contributed by atoms with Crippen LogP contribution in [0.25, 0.3) is 10.8 Å². The number of likely N-dealkylation sites (tertiary alicyclic amines) is 1. The van der Waals surface area contributed by atoms with Gasteiger partial charge in [0.1, 0.15) is 0 Å². The predicted octanol–water partition coefficient (Wildman–Crippen LogP) is 4.87. The Hall–Kier alpha value is -3.14. The van der Waals surface area contributed by atoms with Crippen LogP contribution in [0.3, 0.4) is 0 Å². The first-order chi connectivity index (χ1) is 13.5. The van der Waals surface area contributed by atoms with Crippen molar-refractivity contribution in [3.8, 4) is 0 Å². The van der Waals surface area contributed by atoms with Crippen LogP contribution >= 0.6 is 0 Å². The van der Waals surface area contributed by atoms with Gasteiger partial charge in [0.25, 0.3) is 5.91 Å². The summed E-state index contributed by atoms with van der Waals surface area (Å²) in [5.41, 5.74) is 3.40. The van der Waals surface area contributed by atoms with E-state index in [4.69, 9.17) is 5.11 Å². The van der Waals surface area contributed by atoms with E-state index in [2.05, 4.69) is 19.1 Å². The van der Waals surface area contributed by atoms with Crippen LogP contribution in [0, 0.1) is 6.92 Å². The Bertz CT molecular complexity index is 1030. The van der Waals surface area contributed by atoms with Crippen LogP contribution in [-0.4, -0.2) is 35.0 Å². The standard InChI is InChI=1S/C24H23NO3/c1-16-4-2-6-21-20(16)5-3-7-22(21)23(26)25-14-12-18(13-15-25)17-8-10-19(11-9-17)24(27)28/h2-11,18H,12-15H2,1H3,(H,27,28). The minimum Gasteiger partial charge on any atom is -0.478 e. The van der Waals surface area contributed by atoms with Gasteiger partial charge in [0.05, 0.1) is 5.56 Å². The number of aromatic carboxylic acids is 1. The maximum atomic E-state index is 13.1. The molecule has 3 aromatic carbocycles. The molecule has 1 amide bonds. The molecule has 0 saturated carbocycles. The third kappa shape index (κ3) is 3.38. The van der Waals surface area contributed by atoms with Gasteiger partial charge in [-0.25, -0.2) is 4.79 Å². The SMILES string of the molecule is Cc1cccc2c(C(=O)N3CCC(c4ccc(C(=O)O)cc4)CC3)cccc12. The number of piperidine rings is 1. The summed E-state index contributed by atoms with van der Waals surface area (Å²) in [4.78, 5) is 26.1. The summed E-state index contributed by atoms with van der Waals surface area (Å²) in [6.07, 6.45) is 1.78. The molecule has 1 saturated heterocycles. The number of carboxylic acid groups (broad SMARTS) is 1. The number of amides is 1. The van der Waals surface area contributed by atoms with Crippen LogP contribution in [0.1, 0.15) is 50.6 Å². The van der Waals surface area contributed by atoms with Crippen molar-refractivity contribution in [1.29, 1.82) is 0 Å². The van der Waals surface area contributed by atoms with E-state index in [9.17, 15) is 9.59 Å². The molecule has 0 unspecified atom stereocenters. The van der Waals surface area contributed by atoms with Gasteiger partial charge in [0.2, 0.25) is 0 Å². The second-order valence-corrected chi connectivity index (χ2v) is 7.47. The van der Waals surface area contributed by atoms with Gasteiger partial charge < -0.3 is 10.0 Å². The molecular weight excluding hydrogens is 350 g/mol. The molecule has 28 heavy (non-hydrogen) atoms. The lowest BCUT2D eigenvalue weighted by atomic mass is 9.88. The van der Waals surface area contributed by atoms with E-state index in [1.54, 1.807) is 12.1 Å². The van der Waals surface area contributed by atoms with Gasteiger partial charge >= 0.3 is 5.97 Å². The number of carbonyl (C=O) groups excluding carboxylic acids is 1. The highest BCUT2D eigenvalue weighted by atomic mass is 16.4. The van der Waals surface area contributed by atoms with Crippen molar-refractivity contribution in [2.24, 2.45) is 0 Å². The number of hydrogen-bond acceptors (Lipinski definition) is 2. The van der Waals surface area contributed by atoms with Crippen molar-refractivity contribution in [3.05, 3.63) is 82.9 Å². The third-order valence-corrected chi connectivity index (χ3v) is 5.78. The maximum Gasteiger partial charge on any atom is 0.335 e. The van der Waals surface area contributed by atoms with Crippen LogP contribution in [0.4, 0.5) is 0 Å².